The van der Waals surface area contributed by atoms with Crippen LogP contribution in [0.3, 0.4) is 0 Å². The maximum Gasteiger partial charge on any atom is 0.263 e. The molecule has 1 aliphatic heterocycles. The van der Waals surface area contributed by atoms with E-state index < -0.39 is 16.1 Å². The molecule has 0 bridgehead atoms. The molecule has 1 aromatic carbocycles. The van der Waals surface area contributed by atoms with Crippen molar-refractivity contribution in [3.05, 3.63) is 38.8 Å². The Kier molecular flexibility index (Phi) is 7.99. The minimum Gasteiger partial charge on any atom is -0.487 e. The third-order valence-corrected chi connectivity index (χ3v) is 8.44. The van der Waals surface area contributed by atoms with Crippen LogP contribution in [0.4, 0.5) is 0 Å². The van der Waals surface area contributed by atoms with Crippen LogP contribution >= 0.6 is 11.3 Å². The van der Waals surface area contributed by atoms with E-state index in [1.54, 1.807) is 18.5 Å². The molecule has 1 aliphatic rings. The van der Waals surface area contributed by atoms with Gasteiger partial charge in [0.15, 0.2) is 5.01 Å². The Balaban J connectivity index is 1.57. The van der Waals surface area contributed by atoms with Gasteiger partial charge in [0.1, 0.15) is 17.7 Å². The van der Waals surface area contributed by atoms with Crippen LogP contribution in [0.15, 0.2) is 21.6 Å². The summed E-state index contributed by atoms with van der Waals surface area (Å²) in [5.74, 6) is 0.624. The third kappa shape index (κ3) is 5.76. The molecule has 1 atom stereocenters. The molecule has 186 valence electrons. The lowest BCUT2D eigenvalue weighted by Crippen LogP contribution is -2.34. The number of carbonyl (C=O) groups excluding carboxylic acids is 1. The molecule has 34 heavy (non-hydrogen) atoms. The van der Waals surface area contributed by atoms with Gasteiger partial charge in [-0.05, 0) is 82.6 Å². The van der Waals surface area contributed by atoms with Gasteiger partial charge in [-0.1, -0.05) is 0 Å². The molecule has 3 rings (SSSR count). The van der Waals surface area contributed by atoms with Crippen molar-refractivity contribution in [1.82, 2.24) is 15.1 Å². The maximum absolute atomic E-state index is 13.1. The molecule has 11 heteroatoms. The van der Waals surface area contributed by atoms with E-state index in [-0.39, 0.29) is 16.3 Å². The van der Waals surface area contributed by atoms with Crippen molar-refractivity contribution < 1.29 is 17.9 Å². The highest BCUT2D eigenvalue weighted by Crippen LogP contribution is 2.42. The largest absolute Gasteiger partial charge is 0.487 e. The monoisotopic (exact) mass is 507 g/mol. The fourth-order valence-corrected chi connectivity index (χ4v) is 6.08. The maximum atomic E-state index is 13.1. The summed E-state index contributed by atoms with van der Waals surface area (Å²) in [7, 11) is -3.81. The van der Waals surface area contributed by atoms with Gasteiger partial charge in [-0.3, -0.25) is 9.52 Å². The van der Waals surface area contributed by atoms with Gasteiger partial charge in [-0.25, -0.2) is 13.4 Å². The summed E-state index contributed by atoms with van der Waals surface area (Å²) in [4.78, 5) is 16.4. The molecule has 0 radical (unpaired) electrons. The van der Waals surface area contributed by atoms with Crippen LogP contribution < -0.4 is 20.6 Å². The lowest BCUT2D eigenvalue weighted by molar-refractivity contribution is 0.0831. The molecule has 4 N–H and O–H groups in total. The average Bonchev–Trinajstić information content (AvgIpc) is 3.30. The van der Waals surface area contributed by atoms with Crippen LogP contribution in [0.2, 0.25) is 0 Å². The first kappa shape index (κ1) is 26.1. The number of benzene rings is 1. The Labute approximate surface area is 205 Å². The smallest absolute Gasteiger partial charge is 0.263 e. The van der Waals surface area contributed by atoms with E-state index in [1.807, 2.05) is 27.7 Å². The highest BCUT2D eigenvalue weighted by atomic mass is 32.2. The second-order valence-corrected chi connectivity index (χ2v) is 11.7. The minimum atomic E-state index is -3.81. The van der Waals surface area contributed by atoms with Crippen molar-refractivity contribution in [2.24, 2.45) is 10.8 Å². The number of nitrogens with one attached hydrogen (secondary N) is 2. The Hall–Kier alpha value is -2.50. The standard InChI is InChI=1S/C23H33N5O4S2/c1-14-15(2)21(16(3)17-8-9-23(4,5)32-20(14)17)34(30,31)28-13-27-26-10-6-7-18(24)19(29)22-25-11-12-33-22/h11-13,18,26H,6-10,24H2,1-5H3,(H,27,28). The molecular weight excluding hydrogens is 474 g/mol. The molecule has 0 spiro atoms. The van der Waals surface area contributed by atoms with Crippen LogP contribution in [-0.2, 0) is 16.4 Å². The van der Waals surface area contributed by atoms with Crippen molar-refractivity contribution in [1.29, 1.82) is 0 Å². The number of Topliss-reactive ketones (excluding diaryl/α,β-unsaturated/α-hetero) is 1. The predicted molar refractivity (Wildman–Crippen MR) is 134 cm³/mol. The summed E-state index contributed by atoms with van der Waals surface area (Å²) in [5, 5.41) is 6.08. The van der Waals surface area contributed by atoms with Gasteiger partial charge in [0.2, 0.25) is 5.78 Å². The van der Waals surface area contributed by atoms with E-state index in [1.165, 1.54) is 11.3 Å². The molecule has 0 aliphatic carbocycles. The Bertz CT molecular complexity index is 1170. The van der Waals surface area contributed by atoms with Crippen molar-refractivity contribution in [3.63, 3.8) is 0 Å². The number of aromatic nitrogens is 1. The highest BCUT2D eigenvalue weighted by molar-refractivity contribution is 7.90. The van der Waals surface area contributed by atoms with Gasteiger partial charge in [0.25, 0.3) is 10.0 Å². The number of nitrogens with zero attached hydrogens (tertiary/aromatic N) is 2. The Morgan fingerprint density at radius 2 is 2.06 bits per heavy atom. The quantitative estimate of drug-likeness (QED) is 0.148. The van der Waals surface area contributed by atoms with E-state index >= 15 is 0 Å². The van der Waals surface area contributed by atoms with Crippen molar-refractivity contribution in [2.75, 3.05) is 6.54 Å². The van der Waals surface area contributed by atoms with E-state index in [9.17, 15) is 13.2 Å². The molecule has 0 saturated heterocycles. The van der Waals surface area contributed by atoms with E-state index in [0.717, 1.165) is 36.1 Å². The van der Waals surface area contributed by atoms with Gasteiger partial charge in [-0.2, -0.15) is 5.10 Å². The number of sulfonamides is 1. The zero-order chi connectivity index (χ0) is 25.1. The number of hydrogen-bond acceptors (Lipinski definition) is 9. The summed E-state index contributed by atoms with van der Waals surface area (Å²) in [5.41, 5.74) is 11.6. The SMILES string of the molecule is Cc1c(C)c(S(=O)(=O)NC=NNCCCC(N)C(=O)c2nccs2)c(C)c2c1OC(C)(C)CC2. The Morgan fingerprint density at radius 3 is 2.74 bits per heavy atom. The lowest BCUT2D eigenvalue weighted by atomic mass is 9.88. The average molecular weight is 508 g/mol. The molecule has 1 aromatic heterocycles. The van der Waals surface area contributed by atoms with Gasteiger partial charge >= 0.3 is 0 Å². The van der Waals surface area contributed by atoms with E-state index in [2.05, 4.69) is 20.2 Å². The normalized spacial score (nSPS) is 16.1. The molecular formula is C23H33N5O4S2. The molecule has 0 amide bonds. The summed E-state index contributed by atoms with van der Waals surface area (Å²) >= 11 is 1.27. The predicted octanol–water partition coefficient (Wildman–Crippen LogP) is 2.97. The topological polar surface area (TPSA) is 136 Å². The van der Waals surface area contributed by atoms with Gasteiger partial charge in [-0.15, -0.1) is 11.3 Å². The van der Waals surface area contributed by atoms with Crippen LogP contribution in [0.5, 0.6) is 5.75 Å². The Morgan fingerprint density at radius 1 is 1.32 bits per heavy atom. The number of ketones is 1. The number of nitrogens with two attached hydrogens (primary N) is 1. The molecule has 2 aromatic rings. The van der Waals surface area contributed by atoms with Crippen molar-refractivity contribution >= 4 is 33.5 Å². The number of rotatable bonds is 10. The first-order valence-electron chi connectivity index (χ1n) is 11.2. The molecule has 2 heterocycles. The summed E-state index contributed by atoms with van der Waals surface area (Å²) in [6, 6.07) is -0.622. The second-order valence-electron chi connectivity index (χ2n) is 9.11. The number of ether oxygens (including phenoxy) is 1. The highest BCUT2D eigenvalue weighted by Gasteiger charge is 2.33. The van der Waals surface area contributed by atoms with Gasteiger partial charge in [0, 0.05) is 18.1 Å². The van der Waals surface area contributed by atoms with E-state index in [4.69, 9.17) is 10.5 Å². The van der Waals surface area contributed by atoms with E-state index in [0.29, 0.717) is 35.5 Å². The van der Waals surface area contributed by atoms with Gasteiger partial charge < -0.3 is 15.9 Å². The molecule has 0 saturated carbocycles. The fourth-order valence-electron chi connectivity index (χ4n) is 4.05. The minimum absolute atomic E-state index is 0.175. The second kappa shape index (κ2) is 10.4. The number of hydrazone groups is 1. The number of fused-ring (bicyclic) bond motifs is 1. The number of thiazole rings is 1. The molecule has 0 fully saturated rings. The van der Waals surface area contributed by atoms with Crippen molar-refractivity contribution in [3.8, 4) is 5.75 Å². The summed E-state index contributed by atoms with van der Waals surface area (Å²) in [6.45, 7) is 10.1. The first-order chi connectivity index (χ1) is 15.9. The molecule has 1 unspecified atom stereocenters. The summed E-state index contributed by atoms with van der Waals surface area (Å²) < 4.78 is 34.8. The summed E-state index contributed by atoms with van der Waals surface area (Å²) in [6.07, 6.45) is 5.36. The fraction of sp³-hybridized carbons (Fsp3) is 0.522. The van der Waals surface area contributed by atoms with Crippen LogP contribution in [-0.4, -0.2) is 43.7 Å². The molecule has 9 nitrogen and oxygen atoms in total. The lowest BCUT2D eigenvalue weighted by Gasteiger charge is -2.35. The number of carbonyl (C=O) groups is 1. The number of hydrogen-bond donors (Lipinski definition) is 3. The van der Waals surface area contributed by atoms with Crippen LogP contribution in [0.1, 0.15) is 65.2 Å². The zero-order valence-electron chi connectivity index (χ0n) is 20.3. The van der Waals surface area contributed by atoms with Crippen molar-refractivity contribution in [2.45, 2.75) is 76.8 Å². The van der Waals surface area contributed by atoms with Crippen LogP contribution in [0.25, 0.3) is 0 Å². The van der Waals surface area contributed by atoms with Gasteiger partial charge in [0.05, 0.1) is 10.9 Å². The zero-order valence-corrected chi connectivity index (χ0v) is 21.9. The third-order valence-electron chi connectivity index (χ3n) is 6.08. The first-order valence-corrected chi connectivity index (χ1v) is 13.6. The van der Waals surface area contributed by atoms with Crippen LogP contribution in [0, 0.1) is 20.8 Å².